The summed E-state index contributed by atoms with van der Waals surface area (Å²) in [7, 11) is 0. The second-order valence-electron chi connectivity index (χ2n) is 4.08. The van der Waals surface area contributed by atoms with Gasteiger partial charge < -0.3 is 10.5 Å². The molecule has 0 aliphatic heterocycles. The Bertz CT molecular complexity index is 702. The van der Waals surface area contributed by atoms with Crippen molar-refractivity contribution in [3.8, 4) is 17.7 Å². The Labute approximate surface area is 113 Å². The number of nitrogens with two attached hydrogens (primary N) is 1. The van der Waals surface area contributed by atoms with Gasteiger partial charge in [0.15, 0.2) is 11.6 Å². The molecule has 0 amide bonds. The van der Waals surface area contributed by atoms with Crippen molar-refractivity contribution in [1.29, 1.82) is 5.26 Å². The molecular weight excluding hydrogens is 266 g/mol. The molecule has 0 spiro atoms. The van der Waals surface area contributed by atoms with E-state index in [9.17, 15) is 8.78 Å². The summed E-state index contributed by atoms with van der Waals surface area (Å²) >= 11 is 0. The van der Waals surface area contributed by atoms with Crippen LogP contribution in [0.5, 0.6) is 11.6 Å². The van der Waals surface area contributed by atoms with Gasteiger partial charge in [-0.05, 0) is 26.0 Å². The van der Waals surface area contributed by atoms with Crippen molar-refractivity contribution in [3.05, 3.63) is 40.6 Å². The Hall–Kier alpha value is -2.75. The molecule has 0 unspecified atom stereocenters. The smallest absolute Gasteiger partial charge is 0.227 e. The number of benzene rings is 1. The molecule has 0 aliphatic rings. The Balaban J connectivity index is 2.49. The van der Waals surface area contributed by atoms with Crippen LogP contribution in [0.1, 0.15) is 16.8 Å². The van der Waals surface area contributed by atoms with Crippen LogP contribution < -0.4 is 10.5 Å². The molecule has 102 valence electrons. The quantitative estimate of drug-likeness (QED) is 0.911. The fourth-order valence-corrected chi connectivity index (χ4v) is 1.54. The zero-order valence-corrected chi connectivity index (χ0v) is 10.7. The van der Waals surface area contributed by atoms with E-state index in [-0.39, 0.29) is 17.4 Å². The van der Waals surface area contributed by atoms with Crippen LogP contribution in [0, 0.1) is 36.8 Å². The van der Waals surface area contributed by atoms with Gasteiger partial charge in [0.05, 0.1) is 11.6 Å². The van der Waals surface area contributed by atoms with Gasteiger partial charge >= 0.3 is 0 Å². The number of ether oxygens (including phenoxy) is 1. The molecule has 0 bridgehead atoms. The molecule has 7 heteroatoms. The highest BCUT2D eigenvalue weighted by atomic mass is 19.1. The van der Waals surface area contributed by atoms with Crippen LogP contribution in [0.25, 0.3) is 0 Å². The summed E-state index contributed by atoms with van der Waals surface area (Å²) in [6.45, 7) is 3.31. The van der Waals surface area contributed by atoms with Crippen molar-refractivity contribution in [2.75, 3.05) is 5.73 Å². The normalized spacial score (nSPS) is 10.2. The van der Waals surface area contributed by atoms with Gasteiger partial charge in [-0.25, -0.2) is 13.8 Å². The van der Waals surface area contributed by atoms with E-state index in [0.29, 0.717) is 11.3 Å². The summed E-state index contributed by atoms with van der Waals surface area (Å²) in [4.78, 5) is 7.70. The monoisotopic (exact) mass is 276 g/mol. The lowest BCUT2D eigenvalue weighted by Crippen LogP contribution is -2.04. The number of aryl methyl sites for hydroxylation is 1. The van der Waals surface area contributed by atoms with Crippen LogP contribution in [0.4, 0.5) is 14.7 Å². The van der Waals surface area contributed by atoms with Crippen LogP contribution in [0.2, 0.25) is 0 Å². The molecule has 20 heavy (non-hydrogen) atoms. The van der Waals surface area contributed by atoms with E-state index in [1.807, 2.05) is 0 Å². The standard InChI is InChI=1S/C13H10F2N4O/c1-6-7(2)18-13(17)19-12(6)20-11-9(14)3-8(5-16)4-10(11)15/h3-4H,1-2H3,(H2,17,18,19). The molecule has 1 aromatic heterocycles. The molecule has 1 aromatic carbocycles. The predicted molar refractivity (Wildman–Crippen MR) is 67.1 cm³/mol. The van der Waals surface area contributed by atoms with Crippen molar-refractivity contribution < 1.29 is 13.5 Å². The van der Waals surface area contributed by atoms with Gasteiger partial charge in [-0.15, -0.1) is 0 Å². The number of hydrogen-bond donors (Lipinski definition) is 1. The lowest BCUT2D eigenvalue weighted by Gasteiger charge is -2.11. The van der Waals surface area contributed by atoms with Gasteiger partial charge in [-0.3, -0.25) is 0 Å². The number of nitrogens with zero attached hydrogens (tertiary/aromatic N) is 3. The van der Waals surface area contributed by atoms with E-state index in [1.165, 1.54) is 0 Å². The maximum absolute atomic E-state index is 13.7. The van der Waals surface area contributed by atoms with Gasteiger partial charge in [0.25, 0.3) is 0 Å². The molecule has 2 aromatic rings. The first kappa shape index (κ1) is 13.7. The number of aromatic nitrogens is 2. The average molecular weight is 276 g/mol. The Morgan fingerprint density at radius 2 is 1.80 bits per heavy atom. The fraction of sp³-hybridized carbons (Fsp3) is 0.154. The number of nitrogen functional groups attached to an aromatic ring is 1. The zero-order valence-electron chi connectivity index (χ0n) is 10.7. The molecule has 2 N–H and O–H groups in total. The van der Waals surface area contributed by atoms with E-state index in [0.717, 1.165) is 12.1 Å². The minimum atomic E-state index is -0.990. The van der Waals surface area contributed by atoms with E-state index in [1.54, 1.807) is 19.9 Å². The van der Waals surface area contributed by atoms with Crippen molar-refractivity contribution in [2.45, 2.75) is 13.8 Å². The minimum absolute atomic E-state index is 0.0301. The third-order valence-electron chi connectivity index (χ3n) is 2.69. The van der Waals surface area contributed by atoms with Crippen LogP contribution >= 0.6 is 0 Å². The molecule has 0 saturated carbocycles. The van der Waals surface area contributed by atoms with E-state index in [2.05, 4.69) is 9.97 Å². The Morgan fingerprint density at radius 1 is 1.20 bits per heavy atom. The molecule has 0 aliphatic carbocycles. The first-order chi connectivity index (χ1) is 9.42. The number of rotatable bonds is 2. The van der Waals surface area contributed by atoms with Crippen molar-refractivity contribution in [1.82, 2.24) is 9.97 Å². The lowest BCUT2D eigenvalue weighted by atomic mass is 10.2. The number of anilines is 1. The molecule has 0 fully saturated rings. The third-order valence-corrected chi connectivity index (χ3v) is 2.69. The predicted octanol–water partition coefficient (Wildman–Crippen LogP) is 2.62. The van der Waals surface area contributed by atoms with Gasteiger partial charge in [0, 0.05) is 11.3 Å². The minimum Gasteiger partial charge on any atom is -0.432 e. The largest absolute Gasteiger partial charge is 0.432 e. The second kappa shape index (κ2) is 5.09. The molecule has 0 saturated heterocycles. The maximum Gasteiger partial charge on any atom is 0.227 e. The van der Waals surface area contributed by atoms with E-state index < -0.39 is 17.4 Å². The molecule has 5 nitrogen and oxygen atoms in total. The highest BCUT2D eigenvalue weighted by molar-refractivity contribution is 5.41. The molecule has 0 radical (unpaired) electrons. The summed E-state index contributed by atoms with van der Waals surface area (Å²) in [6, 6.07) is 3.41. The topological polar surface area (TPSA) is 84.8 Å². The number of hydrogen-bond acceptors (Lipinski definition) is 5. The van der Waals surface area contributed by atoms with E-state index >= 15 is 0 Å². The van der Waals surface area contributed by atoms with Crippen LogP contribution in [0.15, 0.2) is 12.1 Å². The Kier molecular flexibility index (Phi) is 3.48. The van der Waals surface area contributed by atoms with E-state index in [4.69, 9.17) is 15.7 Å². The summed E-state index contributed by atoms with van der Waals surface area (Å²) in [5.41, 5.74) is 6.39. The summed E-state index contributed by atoms with van der Waals surface area (Å²) < 4.78 is 32.6. The summed E-state index contributed by atoms with van der Waals surface area (Å²) in [5, 5.41) is 8.62. The highest BCUT2D eigenvalue weighted by Gasteiger charge is 2.17. The number of halogens is 2. The van der Waals surface area contributed by atoms with Crippen molar-refractivity contribution in [2.24, 2.45) is 0 Å². The van der Waals surface area contributed by atoms with Gasteiger partial charge in [-0.2, -0.15) is 10.2 Å². The first-order valence-corrected chi connectivity index (χ1v) is 5.60. The highest BCUT2D eigenvalue weighted by Crippen LogP contribution is 2.30. The zero-order chi connectivity index (χ0) is 14.9. The third kappa shape index (κ3) is 2.49. The average Bonchev–Trinajstić information content (AvgIpc) is 2.38. The SMILES string of the molecule is Cc1nc(N)nc(Oc2c(F)cc(C#N)cc2F)c1C. The van der Waals surface area contributed by atoms with Crippen molar-refractivity contribution >= 4 is 5.95 Å². The molecule has 1 heterocycles. The maximum atomic E-state index is 13.7. The Morgan fingerprint density at radius 3 is 2.35 bits per heavy atom. The molecular formula is C13H10F2N4O. The van der Waals surface area contributed by atoms with Crippen LogP contribution in [-0.4, -0.2) is 9.97 Å². The van der Waals surface area contributed by atoms with Crippen LogP contribution in [-0.2, 0) is 0 Å². The van der Waals surface area contributed by atoms with Crippen LogP contribution in [0.3, 0.4) is 0 Å². The summed E-state index contributed by atoms with van der Waals surface area (Å²) in [6.07, 6.45) is 0. The molecule has 2 rings (SSSR count). The second-order valence-corrected chi connectivity index (χ2v) is 4.08. The van der Waals surface area contributed by atoms with Gasteiger partial charge in [0.2, 0.25) is 17.6 Å². The van der Waals surface area contributed by atoms with Crippen molar-refractivity contribution in [3.63, 3.8) is 0 Å². The molecule has 0 atom stereocenters. The van der Waals surface area contributed by atoms with Gasteiger partial charge in [0.1, 0.15) is 0 Å². The fourth-order valence-electron chi connectivity index (χ4n) is 1.54. The number of nitriles is 1. The lowest BCUT2D eigenvalue weighted by molar-refractivity contribution is 0.392. The summed E-state index contributed by atoms with van der Waals surface area (Å²) in [5.74, 6) is -2.70. The first-order valence-electron chi connectivity index (χ1n) is 5.60. The van der Waals surface area contributed by atoms with Gasteiger partial charge in [-0.1, -0.05) is 0 Å².